The Kier molecular flexibility index (Phi) is 5.04. The van der Waals surface area contributed by atoms with Crippen LogP contribution in [0.1, 0.15) is 38.5 Å². The number of carbonyl (C=O) groups excluding carboxylic acids is 1. The third kappa shape index (κ3) is 3.61. The van der Waals surface area contributed by atoms with Crippen molar-refractivity contribution in [1.29, 1.82) is 0 Å². The number of halogens is 1. The largest absolute Gasteiger partial charge is 0.449 e. The molecule has 1 aliphatic heterocycles. The Labute approximate surface area is 181 Å². The molecule has 7 nitrogen and oxygen atoms in total. The summed E-state index contributed by atoms with van der Waals surface area (Å²) in [4.78, 5) is 27.3. The lowest BCUT2D eigenvalue weighted by atomic mass is 9.50. The van der Waals surface area contributed by atoms with Crippen LogP contribution in [0.25, 0.3) is 0 Å². The van der Waals surface area contributed by atoms with Gasteiger partial charge >= 0.3 is 6.09 Å². The summed E-state index contributed by atoms with van der Waals surface area (Å²) in [6.07, 6.45) is 7.54. The molecule has 1 amide bonds. The van der Waals surface area contributed by atoms with Crippen molar-refractivity contribution in [3.8, 4) is 0 Å². The highest BCUT2D eigenvalue weighted by molar-refractivity contribution is 6.33. The van der Waals surface area contributed by atoms with Crippen LogP contribution in [0.3, 0.4) is 0 Å². The molecule has 1 aromatic rings. The van der Waals surface area contributed by atoms with E-state index in [1.165, 1.54) is 44.6 Å². The van der Waals surface area contributed by atoms with E-state index in [0.717, 1.165) is 17.8 Å². The van der Waals surface area contributed by atoms with E-state index in [1.807, 2.05) is 4.90 Å². The number of piperazine rings is 1. The van der Waals surface area contributed by atoms with E-state index >= 15 is 0 Å². The number of carbonyl (C=O) groups is 1. The number of amides is 1. The van der Waals surface area contributed by atoms with Gasteiger partial charge in [0.2, 0.25) is 0 Å². The quantitative estimate of drug-likeness (QED) is 0.507. The zero-order valence-electron chi connectivity index (χ0n) is 17.1. The van der Waals surface area contributed by atoms with E-state index in [-0.39, 0.29) is 17.2 Å². The van der Waals surface area contributed by atoms with Gasteiger partial charge in [0.05, 0.1) is 16.6 Å². The third-order valence-corrected chi connectivity index (χ3v) is 7.99. The van der Waals surface area contributed by atoms with Crippen molar-refractivity contribution in [1.82, 2.24) is 4.90 Å². The van der Waals surface area contributed by atoms with Crippen LogP contribution >= 0.6 is 11.6 Å². The summed E-state index contributed by atoms with van der Waals surface area (Å²) in [5.41, 5.74) is 0.649. The average Bonchev–Trinajstić information content (AvgIpc) is 2.71. The molecule has 1 saturated heterocycles. The lowest BCUT2D eigenvalue weighted by Gasteiger charge is -2.56. The van der Waals surface area contributed by atoms with E-state index in [9.17, 15) is 14.9 Å². The Morgan fingerprint density at radius 2 is 1.70 bits per heavy atom. The first-order valence-electron chi connectivity index (χ1n) is 11.0. The van der Waals surface area contributed by atoms with Crippen molar-refractivity contribution in [2.24, 2.45) is 23.2 Å². The fourth-order valence-electron chi connectivity index (χ4n) is 6.85. The van der Waals surface area contributed by atoms with Crippen LogP contribution < -0.4 is 4.90 Å². The Hall–Kier alpha value is -2.02. The minimum absolute atomic E-state index is 0.000317. The van der Waals surface area contributed by atoms with Gasteiger partial charge < -0.3 is 14.5 Å². The number of nitro groups is 1. The van der Waals surface area contributed by atoms with Crippen LogP contribution in [-0.2, 0) is 4.74 Å². The summed E-state index contributed by atoms with van der Waals surface area (Å²) in [5, 5.41) is 11.7. The predicted molar refractivity (Wildman–Crippen MR) is 114 cm³/mol. The van der Waals surface area contributed by atoms with Crippen molar-refractivity contribution in [2.45, 2.75) is 38.5 Å². The van der Waals surface area contributed by atoms with Crippen molar-refractivity contribution in [3.63, 3.8) is 0 Å². The molecular weight excluding hydrogens is 406 g/mol. The molecule has 4 bridgehead atoms. The molecule has 0 spiro atoms. The number of para-hydroxylation sites is 1. The molecule has 1 heterocycles. The number of hydrogen-bond acceptors (Lipinski definition) is 5. The first-order valence-corrected chi connectivity index (χ1v) is 11.4. The first kappa shape index (κ1) is 19.9. The topological polar surface area (TPSA) is 75.9 Å². The fraction of sp³-hybridized carbons (Fsp3) is 0.682. The second kappa shape index (κ2) is 7.59. The second-order valence-electron chi connectivity index (χ2n) is 9.81. The molecule has 4 aliphatic carbocycles. The molecule has 0 aromatic heterocycles. The highest BCUT2D eigenvalue weighted by Crippen LogP contribution is 2.60. The van der Waals surface area contributed by atoms with Gasteiger partial charge in [0.15, 0.2) is 0 Å². The molecule has 0 N–H and O–H groups in total. The van der Waals surface area contributed by atoms with E-state index < -0.39 is 4.92 Å². The second-order valence-corrected chi connectivity index (χ2v) is 10.2. The van der Waals surface area contributed by atoms with E-state index in [2.05, 4.69) is 0 Å². The monoisotopic (exact) mass is 433 g/mol. The van der Waals surface area contributed by atoms with Crippen molar-refractivity contribution in [2.75, 3.05) is 37.7 Å². The lowest BCUT2D eigenvalue weighted by molar-refractivity contribution is -0.384. The number of rotatable bonds is 4. The summed E-state index contributed by atoms with van der Waals surface area (Å²) in [7, 11) is 0. The molecule has 30 heavy (non-hydrogen) atoms. The first-order chi connectivity index (χ1) is 14.4. The Bertz CT molecular complexity index is 818. The van der Waals surface area contributed by atoms with E-state index in [4.69, 9.17) is 16.3 Å². The molecule has 6 rings (SSSR count). The highest BCUT2D eigenvalue weighted by Gasteiger charge is 2.51. The van der Waals surface area contributed by atoms with Crippen LogP contribution in [0.2, 0.25) is 5.02 Å². The maximum absolute atomic E-state index is 12.7. The fourth-order valence-corrected chi connectivity index (χ4v) is 7.14. The van der Waals surface area contributed by atoms with Crippen molar-refractivity contribution >= 4 is 29.1 Å². The highest BCUT2D eigenvalue weighted by atomic mass is 35.5. The van der Waals surface area contributed by atoms with Gasteiger partial charge in [-0.3, -0.25) is 10.1 Å². The maximum Gasteiger partial charge on any atom is 0.409 e. The normalized spacial score (nSPS) is 32.4. The van der Waals surface area contributed by atoms with Gasteiger partial charge in [-0.25, -0.2) is 4.79 Å². The number of nitro benzene ring substituents is 1. The molecule has 0 radical (unpaired) electrons. The van der Waals surface area contributed by atoms with Crippen LogP contribution in [0, 0.1) is 33.3 Å². The van der Waals surface area contributed by atoms with Crippen LogP contribution in [-0.4, -0.2) is 48.7 Å². The average molecular weight is 434 g/mol. The molecule has 162 valence electrons. The maximum atomic E-state index is 12.7. The summed E-state index contributed by atoms with van der Waals surface area (Å²) in [6, 6.07) is 4.71. The number of anilines is 1. The Balaban J connectivity index is 1.18. The zero-order chi connectivity index (χ0) is 20.9. The van der Waals surface area contributed by atoms with Gasteiger partial charge in [0, 0.05) is 37.7 Å². The molecule has 4 saturated carbocycles. The lowest BCUT2D eigenvalue weighted by Crippen LogP contribution is -2.51. The molecule has 0 unspecified atom stereocenters. The minimum Gasteiger partial charge on any atom is -0.449 e. The summed E-state index contributed by atoms with van der Waals surface area (Å²) in [5.74, 6) is 2.51. The molecule has 5 fully saturated rings. The molecule has 0 atom stereocenters. The van der Waals surface area contributed by atoms with E-state index in [0.29, 0.717) is 43.5 Å². The molecule has 5 aliphatic rings. The van der Waals surface area contributed by atoms with Gasteiger partial charge in [0.25, 0.3) is 5.69 Å². The molecule has 1 aromatic carbocycles. The summed E-state index contributed by atoms with van der Waals surface area (Å²) in [6.45, 7) is 2.49. The summed E-state index contributed by atoms with van der Waals surface area (Å²) < 4.78 is 5.83. The zero-order valence-corrected chi connectivity index (χ0v) is 17.9. The number of benzene rings is 1. The summed E-state index contributed by atoms with van der Waals surface area (Å²) >= 11 is 6.25. The van der Waals surface area contributed by atoms with Crippen LogP contribution in [0.4, 0.5) is 16.2 Å². The van der Waals surface area contributed by atoms with Gasteiger partial charge in [-0.05, 0) is 62.3 Å². The Morgan fingerprint density at radius 1 is 1.10 bits per heavy atom. The standard InChI is InChI=1S/C22H28ClN3O4/c23-18-2-1-3-19(26(28)29)20(18)24-4-6-25(7-5-24)21(27)30-14-22-11-15-8-16(12-22)10-17(9-15)13-22/h1-3,15-17H,4-14H2. The number of nitrogens with zero attached hydrogens (tertiary/aromatic N) is 3. The van der Waals surface area contributed by atoms with Crippen molar-refractivity contribution < 1.29 is 14.5 Å². The predicted octanol–water partition coefficient (Wildman–Crippen LogP) is 4.72. The van der Waals surface area contributed by atoms with Gasteiger partial charge in [-0.15, -0.1) is 0 Å². The van der Waals surface area contributed by atoms with Crippen LogP contribution in [0.15, 0.2) is 18.2 Å². The minimum atomic E-state index is -0.409. The van der Waals surface area contributed by atoms with Gasteiger partial charge in [-0.1, -0.05) is 17.7 Å². The third-order valence-electron chi connectivity index (χ3n) is 7.68. The van der Waals surface area contributed by atoms with E-state index in [1.54, 1.807) is 17.0 Å². The number of ether oxygens (including phenoxy) is 1. The van der Waals surface area contributed by atoms with Gasteiger partial charge in [0.1, 0.15) is 5.69 Å². The SMILES string of the molecule is O=C(OCC12CC3CC(CC(C3)C1)C2)N1CCN(c2c(Cl)cccc2[N+](=O)[O-])CC1. The van der Waals surface area contributed by atoms with Crippen molar-refractivity contribution in [3.05, 3.63) is 33.3 Å². The molecule has 8 heteroatoms. The smallest absolute Gasteiger partial charge is 0.409 e. The van der Waals surface area contributed by atoms with Crippen LogP contribution in [0.5, 0.6) is 0 Å². The Morgan fingerprint density at radius 3 is 2.27 bits per heavy atom. The molecular formula is C22H28ClN3O4. The number of hydrogen-bond donors (Lipinski definition) is 0. The van der Waals surface area contributed by atoms with Gasteiger partial charge in [-0.2, -0.15) is 0 Å².